The Bertz CT molecular complexity index is 917. The van der Waals surface area contributed by atoms with Crippen LogP contribution in [0.15, 0.2) is 48.5 Å². The Morgan fingerprint density at radius 1 is 0.767 bits per heavy atom. The van der Waals surface area contributed by atoms with Gasteiger partial charge in [-0.3, -0.25) is 9.59 Å². The van der Waals surface area contributed by atoms with Crippen molar-refractivity contribution in [2.45, 2.75) is 48.1 Å². The number of ether oxygens (including phenoxy) is 3. The molecule has 0 heterocycles. The summed E-state index contributed by atoms with van der Waals surface area (Å²) in [7, 11) is 0. The van der Waals surface area contributed by atoms with Gasteiger partial charge in [0, 0.05) is 6.07 Å². The largest absolute Gasteiger partial charge is 0.457 e. The molecule has 0 amide bonds. The van der Waals surface area contributed by atoms with Gasteiger partial charge in [-0.05, 0) is 59.2 Å². The van der Waals surface area contributed by atoms with Gasteiger partial charge in [0.2, 0.25) is 0 Å². The van der Waals surface area contributed by atoms with E-state index in [0.29, 0.717) is 0 Å². The lowest BCUT2D eigenvalue weighted by Gasteiger charge is -2.19. The van der Waals surface area contributed by atoms with Crippen molar-refractivity contribution in [2.75, 3.05) is 0 Å². The summed E-state index contributed by atoms with van der Waals surface area (Å²) in [6.45, 7) is 10.4. The van der Waals surface area contributed by atoms with Crippen molar-refractivity contribution in [3.63, 3.8) is 0 Å². The van der Waals surface area contributed by atoms with E-state index >= 15 is 0 Å². The topological polar surface area (TPSA) is 78.9 Å². The Labute approximate surface area is 177 Å². The molecule has 160 valence electrons. The number of carbonyl (C=O) groups is 3. The number of rotatable bonds is 5. The average molecular weight is 412 g/mol. The highest BCUT2D eigenvalue weighted by molar-refractivity contribution is 5.94. The minimum absolute atomic E-state index is 0.0211. The molecule has 0 radical (unpaired) electrons. The van der Waals surface area contributed by atoms with Gasteiger partial charge in [0.25, 0.3) is 0 Å². The van der Waals surface area contributed by atoms with Crippen LogP contribution in [0.3, 0.4) is 0 Å². The molecular weight excluding hydrogens is 384 g/mol. The number of hydrogen-bond donors (Lipinski definition) is 0. The average Bonchev–Trinajstić information content (AvgIpc) is 2.65. The highest BCUT2D eigenvalue weighted by atomic mass is 16.6. The zero-order chi connectivity index (χ0) is 22.5. The van der Waals surface area contributed by atoms with Gasteiger partial charge in [0.15, 0.2) is 0 Å². The van der Waals surface area contributed by atoms with Gasteiger partial charge in [-0.2, -0.15) is 0 Å². The van der Waals surface area contributed by atoms with Crippen molar-refractivity contribution in [3.8, 4) is 11.5 Å². The first-order valence-corrected chi connectivity index (χ1v) is 9.67. The fraction of sp³-hybridized carbons (Fsp3) is 0.375. The molecule has 0 saturated heterocycles. The van der Waals surface area contributed by atoms with Crippen LogP contribution in [0, 0.1) is 10.8 Å². The maximum absolute atomic E-state index is 12.6. The molecule has 0 N–H and O–H groups in total. The summed E-state index contributed by atoms with van der Waals surface area (Å²) in [4.78, 5) is 37.2. The lowest BCUT2D eigenvalue weighted by molar-refractivity contribution is -0.143. The van der Waals surface area contributed by atoms with Crippen molar-refractivity contribution in [1.29, 1.82) is 0 Å². The Kier molecular flexibility index (Phi) is 7.03. The first-order chi connectivity index (χ1) is 13.9. The first kappa shape index (κ1) is 23.1. The minimum Gasteiger partial charge on any atom is -0.457 e. The number of hydrogen-bond acceptors (Lipinski definition) is 6. The third-order valence-corrected chi connectivity index (χ3v) is 4.02. The highest BCUT2D eigenvalue weighted by Crippen LogP contribution is 2.30. The summed E-state index contributed by atoms with van der Waals surface area (Å²) in [5, 5.41) is 0. The molecule has 6 nitrogen and oxygen atoms in total. The Morgan fingerprint density at radius 2 is 1.33 bits per heavy atom. The third kappa shape index (κ3) is 6.44. The van der Waals surface area contributed by atoms with Crippen molar-refractivity contribution in [1.82, 2.24) is 0 Å². The van der Waals surface area contributed by atoms with E-state index in [2.05, 4.69) is 0 Å². The number of carbonyl (C=O) groups excluding carboxylic acids is 3. The van der Waals surface area contributed by atoms with E-state index in [9.17, 15) is 14.4 Å². The first-order valence-electron chi connectivity index (χ1n) is 9.67. The van der Waals surface area contributed by atoms with Gasteiger partial charge in [-0.15, -0.1) is 0 Å². The predicted octanol–water partition coefficient (Wildman–Crippen LogP) is 4.95. The van der Waals surface area contributed by atoms with E-state index < -0.39 is 28.7 Å². The van der Waals surface area contributed by atoms with Gasteiger partial charge < -0.3 is 14.2 Å². The van der Waals surface area contributed by atoms with E-state index in [1.165, 1.54) is 18.2 Å². The summed E-state index contributed by atoms with van der Waals surface area (Å²) >= 11 is 0. The molecule has 0 bridgehead atoms. The summed E-state index contributed by atoms with van der Waals surface area (Å²) in [5.74, 6) is -1.48. The monoisotopic (exact) mass is 412 g/mol. The van der Waals surface area contributed by atoms with Crippen LogP contribution in [-0.4, -0.2) is 17.9 Å². The second kappa shape index (κ2) is 9.11. The fourth-order valence-electron chi connectivity index (χ4n) is 2.13. The number of benzene rings is 2. The van der Waals surface area contributed by atoms with Crippen LogP contribution in [-0.2, 0) is 20.9 Å². The maximum Gasteiger partial charge on any atom is 0.342 e. The van der Waals surface area contributed by atoms with Crippen LogP contribution < -0.4 is 9.47 Å². The summed E-state index contributed by atoms with van der Waals surface area (Å²) in [6.07, 6.45) is 0. The Morgan fingerprint density at radius 3 is 1.90 bits per heavy atom. The van der Waals surface area contributed by atoms with Crippen LogP contribution >= 0.6 is 0 Å². The lowest BCUT2D eigenvalue weighted by atomic mass is 9.97. The van der Waals surface area contributed by atoms with Crippen LogP contribution in [0.2, 0.25) is 0 Å². The van der Waals surface area contributed by atoms with Crippen molar-refractivity contribution < 1.29 is 28.6 Å². The van der Waals surface area contributed by atoms with Gasteiger partial charge in [-0.1, -0.05) is 30.3 Å². The zero-order valence-corrected chi connectivity index (χ0v) is 18.3. The fourth-order valence-corrected chi connectivity index (χ4v) is 2.13. The second-order valence-electron chi connectivity index (χ2n) is 9.00. The van der Waals surface area contributed by atoms with Gasteiger partial charge in [0.05, 0.1) is 10.8 Å². The van der Waals surface area contributed by atoms with Gasteiger partial charge >= 0.3 is 17.9 Å². The molecule has 0 aliphatic rings. The minimum atomic E-state index is -0.788. The van der Waals surface area contributed by atoms with E-state index in [-0.39, 0.29) is 23.7 Å². The molecule has 30 heavy (non-hydrogen) atoms. The smallest absolute Gasteiger partial charge is 0.342 e. The van der Waals surface area contributed by atoms with Crippen LogP contribution in [0.4, 0.5) is 0 Å². The van der Waals surface area contributed by atoms with Crippen LogP contribution in [0.1, 0.15) is 57.5 Å². The molecular formula is C24H28O6. The summed E-state index contributed by atoms with van der Waals surface area (Å²) < 4.78 is 16.2. The van der Waals surface area contributed by atoms with Gasteiger partial charge in [0.1, 0.15) is 23.7 Å². The molecule has 2 aromatic rings. The Hall–Kier alpha value is -3.15. The van der Waals surface area contributed by atoms with E-state index in [1.54, 1.807) is 41.5 Å². The summed E-state index contributed by atoms with van der Waals surface area (Å²) in [6, 6.07) is 13.5. The third-order valence-electron chi connectivity index (χ3n) is 4.02. The molecule has 0 unspecified atom stereocenters. The molecule has 0 aliphatic carbocycles. The second-order valence-corrected chi connectivity index (χ2v) is 9.00. The quantitative estimate of drug-likeness (QED) is 0.511. The van der Waals surface area contributed by atoms with E-state index in [1.807, 2.05) is 30.3 Å². The van der Waals surface area contributed by atoms with Crippen molar-refractivity contribution >= 4 is 17.9 Å². The zero-order valence-electron chi connectivity index (χ0n) is 18.3. The molecule has 2 rings (SSSR count). The predicted molar refractivity (Wildman–Crippen MR) is 112 cm³/mol. The molecule has 6 heteroatoms. The maximum atomic E-state index is 12.6. The Balaban J connectivity index is 2.29. The molecule has 0 saturated carbocycles. The standard InChI is InChI=1S/C24H28O6/c1-23(2,3)21(26)29-17-12-13-18(19(14-17)30-22(27)24(4,5)6)20(25)28-15-16-10-8-7-9-11-16/h7-14H,15H2,1-6H3. The normalized spacial score (nSPS) is 11.5. The van der Waals surface area contributed by atoms with Crippen molar-refractivity contribution in [2.24, 2.45) is 10.8 Å². The number of esters is 3. The highest BCUT2D eigenvalue weighted by Gasteiger charge is 2.28. The lowest BCUT2D eigenvalue weighted by Crippen LogP contribution is -2.27. The van der Waals surface area contributed by atoms with Crippen LogP contribution in [0.25, 0.3) is 0 Å². The summed E-state index contributed by atoms with van der Waals surface area (Å²) in [5.41, 5.74) is -0.604. The van der Waals surface area contributed by atoms with E-state index in [0.717, 1.165) is 5.56 Å². The molecule has 0 aliphatic heterocycles. The molecule has 2 aromatic carbocycles. The SMILES string of the molecule is CC(C)(C)C(=O)Oc1ccc(C(=O)OCc2ccccc2)c(OC(=O)C(C)(C)C)c1. The molecule has 0 aromatic heterocycles. The van der Waals surface area contributed by atoms with Crippen LogP contribution in [0.5, 0.6) is 11.5 Å². The van der Waals surface area contributed by atoms with E-state index in [4.69, 9.17) is 14.2 Å². The molecule has 0 spiro atoms. The molecule has 0 fully saturated rings. The van der Waals surface area contributed by atoms with Gasteiger partial charge in [-0.25, -0.2) is 4.79 Å². The van der Waals surface area contributed by atoms with Crippen molar-refractivity contribution in [3.05, 3.63) is 59.7 Å². The molecule has 0 atom stereocenters.